The first-order valence-electron chi connectivity index (χ1n) is 10.5. The van der Waals surface area contributed by atoms with E-state index in [0.29, 0.717) is 0 Å². The molecule has 2 aliphatic carbocycles. The molecule has 0 saturated heterocycles. The van der Waals surface area contributed by atoms with Crippen LogP contribution in [0.1, 0.15) is 29.2 Å². The van der Waals surface area contributed by atoms with E-state index in [1.807, 2.05) is 32.1 Å². The van der Waals surface area contributed by atoms with Gasteiger partial charge in [-0.05, 0) is 105 Å². The van der Waals surface area contributed by atoms with Crippen molar-refractivity contribution in [2.45, 2.75) is 40.7 Å². The average molecular weight is 469 g/mol. The number of nitrogens with two attached hydrogens (primary N) is 1. The molecule has 1 nitrogen and oxygen atoms in total. The fourth-order valence-corrected chi connectivity index (χ4v) is 6.88. The minimum absolute atomic E-state index is 0. The van der Waals surface area contributed by atoms with Gasteiger partial charge in [-0.2, -0.15) is 0 Å². The van der Waals surface area contributed by atoms with E-state index in [2.05, 4.69) is 90.3 Å². The second-order valence-electron chi connectivity index (χ2n) is 8.14. The zero-order valence-corrected chi connectivity index (χ0v) is 21.0. The van der Waals surface area contributed by atoms with Crippen molar-refractivity contribution in [3.8, 4) is 0 Å². The molecule has 2 saturated carbocycles. The Kier molecular flexibility index (Phi) is 10.8. The van der Waals surface area contributed by atoms with Crippen LogP contribution < -0.4 is 16.3 Å². The van der Waals surface area contributed by atoms with Gasteiger partial charge in [0.05, 0.1) is 0 Å². The van der Waals surface area contributed by atoms with E-state index < -0.39 is 7.92 Å². The molecule has 3 heteroatoms. The summed E-state index contributed by atoms with van der Waals surface area (Å²) in [7, 11) is -0.607. The van der Waals surface area contributed by atoms with Crippen LogP contribution in [0.5, 0.6) is 0 Å². The van der Waals surface area contributed by atoms with Crippen molar-refractivity contribution in [2.24, 2.45) is 5.73 Å². The maximum absolute atomic E-state index is 6.28. The predicted molar refractivity (Wildman–Crippen MR) is 133 cm³/mol. The van der Waals surface area contributed by atoms with E-state index >= 15 is 0 Å². The summed E-state index contributed by atoms with van der Waals surface area (Å²) >= 11 is 0. The zero-order valence-electron chi connectivity index (χ0n) is 19.0. The van der Waals surface area contributed by atoms with Crippen molar-refractivity contribution in [1.82, 2.24) is 0 Å². The molecule has 4 rings (SSSR count). The normalized spacial score (nSPS) is 17.9. The van der Waals surface area contributed by atoms with E-state index in [0.717, 1.165) is 0 Å². The Hall–Kier alpha value is -0.651. The van der Waals surface area contributed by atoms with Crippen molar-refractivity contribution in [3.63, 3.8) is 0 Å². The summed E-state index contributed by atoms with van der Waals surface area (Å²) in [6.45, 7) is 10.8. The Bertz CT molecular complexity index is 728. The predicted octanol–water partition coefficient (Wildman–Crippen LogP) is 5.45. The quantitative estimate of drug-likeness (QED) is 0.468. The SMILES string of the molecule is Cc1cc(C)cc(P([C]2[CH][CH][CH][C]2[C@H](C)N)c2cc(C)cc(C)c2)c1.[CH]1[CH][CH][CH][CH]1.[Fe+2]. The van der Waals surface area contributed by atoms with Crippen LogP contribution in [-0.2, 0) is 17.1 Å². The van der Waals surface area contributed by atoms with Gasteiger partial charge >= 0.3 is 17.1 Å². The first-order chi connectivity index (χ1) is 14.3. The largest absolute Gasteiger partial charge is 2.00 e. The molecule has 0 aromatic heterocycles. The molecule has 2 aromatic carbocycles. The third-order valence-corrected chi connectivity index (χ3v) is 7.48. The Labute approximate surface area is 203 Å². The molecular formula is C28H32FeNP+2. The molecule has 160 valence electrons. The Morgan fingerprint density at radius 3 is 1.35 bits per heavy atom. The molecule has 0 spiro atoms. The van der Waals surface area contributed by atoms with Gasteiger partial charge in [0.15, 0.2) is 0 Å². The molecule has 2 N–H and O–H groups in total. The standard InChI is InChI=1S/C23H27NP.C5H5.Fe/c1-15-9-16(2)12-20(11-15)25(21-13-17(3)10-18(4)14-21)23-8-6-7-22(23)19(5)24;1-2-4-5-3-1;/h6-14,19H,24H2,1-5H3;1-5H;/q;;+2/t19-;;/m0../s1. The van der Waals surface area contributed by atoms with Gasteiger partial charge in [0, 0.05) is 17.6 Å². The smallest absolute Gasteiger partial charge is 0.327 e. The third kappa shape index (κ3) is 7.43. The van der Waals surface area contributed by atoms with Gasteiger partial charge in [-0.3, -0.25) is 0 Å². The Balaban J connectivity index is 0.000000501. The summed E-state index contributed by atoms with van der Waals surface area (Å²) in [5, 5.41) is 2.82. The maximum Gasteiger partial charge on any atom is 2.00 e. The molecule has 31 heavy (non-hydrogen) atoms. The van der Waals surface area contributed by atoms with Crippen LogP contribution >= 0.6 is 7.92 Å². The molecule has 2 fully saturated rings. The second kappa shape index (κ2) is 12.6. The maximum atomic E-state index is 6.28. The molecule has 1 atom stereocenters. The van der Waals surface area contributed by atoms with Crippen LogP contribution in [0.25, 0.3) is 0 Å². The van der Waals surface area contributed by atoms with Gasteiger partial charge in [0.1, 0.15) is 0 Å². The third-order valence-electron chi connectivity index (χ3n) is 5.04. The molecule has 10 radical (unpaired) electrons. The van der Waals surface area contributed by atoms with Gasteiger partial charge in [-0.25, -0.2) is 0 Å². The van der Waals surface area contributed by atoms with Gasteiger partial charge in [-0.15, -0.1) is 0 Å². The molecule has 0 heterocycles. The number of rotatable bonds is 4. The summed E-state index contributed by atoms with van der Waals surface area (Å²) in [6, 6.07) is 13.9. The molecule has 2 aromatic rings. The van der Waals surface area contributed by atoms with E-state index in [1.54, 1.807) is 0 Å². The van der Waals surface area contributed by atoms with Gasteiger partial charge in [0.25, 0.3) is 0 Å². The van der Waals surface area contributed by atoms with Crippen molar-refractivity contribution >= 4 is 18.5 Å². The van der Waals surface area contributed by atoms with Crippen LogP contribution in [-0.4, -0.2) is 6.04 Å². The molecular weight excluding hydrogens is 437 g/mol. The van der Waals surface area contributed by atoms with Crippen molar-refractivity contribution in [2.75, 3.05) is 0 Å². The van der Waals surface area contributed by atoms with Crippen LogP contribution in [0.2, 0.25) is 0 Å². The molecule has 2 aliphatic rings. The fourth-order valence-electron chi connectivity index (χ4n) is 3.92. The fraction of sp³-hybridized carbons (Fsp3) is 0.214. The first-order valence-corrected chi connectivity index (χ1v) is 11.8. The van der Waals surface area contributed by atoms with Gasteiger partial charge in [-0.1, -0.05) is 58.7 Å². The topological polar surface area (TPSA) is 26.0 Å². The van der Waals surface area contributed by atoms with Crippen LogP contribution in [0.4, 0.5) is 0 Å². The van der Waals surface area contributed by atoms with Crippen LogP contribution in [0, 0.1) is 90.6 Å². The number of benzene rings is 2. The van der Waals surface area contributed by atoms with Gasteiger partial charge < -0.3 is 5.73 Å². The minimum atomic E-state index is -0.607. The van der Waals surface area contributed by atoms with Crippen LogP contribution in [0.15, 0.2) is 36.4 Å². The summed E-state index contributed by atoms with van der Waals surface area (Å²) in [4.78, 5) is 0. The summed E-state index contributed by atoms with van der Waals surface area (Å²) in [5.41, 5.74) is 13.0. The number of hydrogen-bond donors (Lipinski definition) is 1. The van der Waals surface area contributed by atoms with E-state index in [4.69, 9.17) is 5.73 Å². The van der Waals surface area contributed by atoms with Crippen molar-refractivity contribution in [1.29, 1.82) is 0 Å². The van der Waals surface area contributed by atoms with Crippen LogP contribution in [0.3, 0.4) is 0 Å². The summed E-state index contributed by atoms with van der Waals surface area (Å²) < 4.78 is 0. The van der Waals surface area contributed by atoms with Crippen molar-refractivity contribution in [3.05, 3.63) is 122 Å². The second-order valence-corrected chi connectivity index (χ2v) is 10.3. The first kappa shape index (κ1) is 26.6. The van der Waals surface area contributed by atoms with E-state index in [1.165, 1.54) is 44.4 Å². The Morgan fingerprint density at radius 1 is 0.613 bits per heavy atom. The molecule has 0 bridgehead atoms. The monoisotopic (exact) mass is 469 g/mol. The minimum Gasteiger partial charge on any atom is -0.327 e. The molecule has 0 aliphatic heterocycles. The van der Waals surface area contributed by atoms with Gasteiger partial charge in [0.2, 0.25) is 0 Å². The summed E-state index contributed by atoms with van der Waals surface area (Å²) in [5.74, 6) is 1.27. The summed E-state index contributed by atoms with van der Waals surface area (Å²) in [6.07, 6.45) is 16.6. The molecule has 0 amide bonds. The average Bonchev–Trinajstić information content (AvgIpc) is 3.35. The number of hydrogen-bond acceptors (Lipinski definition) is 1. The van der Waals surface area contributed by atoms with E-state index in [9.17, 15) is 0 Å². The Morgan fingerprint density at radius 2 is 1.00 bits per heavy atom. The zero-order chi connectivity index (χ0) is 21.7. The number of aryl methyl sites for hydroxylation is 4. The van der Waals surface area contributed by atoms with Crippen molar-refractivity contribution < 1.29 is 17.1 Å². The molecule has 0 unspecified atom stereocenters. The van der Waals surface area contributed by atoms with E-state index in [-0.39, 0.29) is 23.1 Å².